The first-order chi connectivity index (χ1) is 7.99. The van der Waals surface area contributed by atoms with E-state index in [0.29, 0.717) is 17.0 Å². The van der Waals surface area contributed by atoms with Crippen molar-refractivity contribution in [1.82, 2.24) is 15.2 Å². The number of aryl methyl sites for hydroxylation is 1. The molecule has 1 amide bonds. The van der Waals surface area contributed by atoms with Gasteiger partial charge in [0.2, 0.25) is 0 Å². The molecule has 88 valence electrons. The third-order valence-corrected chi connectivity index (χ3v) is 2.39. The number of H-pyrrole nitrogens is 3. The van der Waals surface area contributed by atoms with Gasteiger partial charge in [0.15, 0.2) is 0 Å². The molecule has 0 saturated heterocycles. The summed E-state index contributed by atoms with van der Waals surface area (Å²) in [7, 11) is 0. The summed E-state index contributed by atoms with van der Waals surface area (Å²) >= 11 is 0. The summed E-state index contributed by atoms with van der Waals surface area (Å²) in [6.07, 6.45) is 0. The molecule has 0 unspecified atom stereocenters. The van der Waals surface area contributed by atoms with E-state index in [0.717, 1.165) is 0 Å². The third-order valence-electron chi connectivity index (χ3n) is 2.39. The molecule has 0 radical (unpaired) electrons. The third kappa shape index (κ3) is 1.89. The molecule has 0 aliphatic heterocycles. The molecule has 0 saturated carbocycles. The lowest BCUT2D eigenvalue weighted by molar-refractivity contribution is 0.0999. The summed E-state index contributed by atoms with van der Waals surface area (Å²) in [6, 6.07) is 2.68. The van der Waals surface area contributed by atoms with Crippen molar-refractivity contribution in [3.8, 4) is 11.3 Å². The van der Waals surface area contributed by atoms with Gasteiger partial charge in [-0.3, -0.25) is 24.6 Å². The number of aromatic amines is 3. The van der Waals surface area contributed by atoms with Crippen molar-refractivity contribution in [2.24, 2.45) is 5.73 Å². The lowest BCUT2D eigenvalue weighted by Crippen LogP contribution is -2.24. The smallest absolute Gasteiger partial charge is 0.264 e. The van der Waals surface area contributed by atoms with Gasteiger partial charge >= 0.3 is 0 Å². The molecule has 2 aromatic rings. The fraction of sp³-hybridized carbons (Fsp3) is 0.100. The van der Waals surface area contributed by atoms with Gasteiger partial charge in [-0.15, -0.1) is 0 Å². The van der Waals surface area contributed by atoms with Gasteiger partial charge in [-0.2, -0.15) is 0 Å². The summed E-state index contributed by atoms with van der Waals surface area (Å²) in [5.41, 5.74) is 5.64. The standard InChI is InChI=1S/C10H10N4O3/c1-4-5(7-3-8(15)14-13-7)2-6(9(11)16)10(17)12-4/h2-3H,1H3,(H2,11,16)(H,12,17)(H2,13,14,15). The average molecular weight is 234 g/mol. The van der Waals surface area contributed by atoms with Crippen molar-refractivity contribution in [1.29, 1.82) is 0 Å². The van der Waals surface area contributed by atoms with Gasteiger partial charge in [0.1, 0.15) is 5.56 Å². The van der Waals surface area contributed by atoms with Crippen LogP contribution in [0.2, 0.25) is 0 Å². The van der Waals surface area contributed by atoms with Crippen molar-refractivity contribution in [2.45, 2.75) is 6.92 Å². The van der Waals surface area contributed by atoms with Crippen molar-refractivity contribution in [2.75, 3.05) is 0 Å². The van der Waals surface area contributed by atoms with Crippen LogP contribution in [0.25, 0.3) is 11.3 Å². The zero-order chi connectivity index (χ0) is 12.6. The van der Waals surface area contributed by atoms with Crippen LogP contribution in [0.1, 0.15) is 16.1 Å². The molecule has 0 aliphatic carbocycles. The minimum absolute atomic E-state index is 0.146. The Balaban J connectivity index is 2.70. The summed E-state index contributed by atoms with van der Waals surface area (Å²) in [6.45, 7) is 1.66. The highest BCUT2D eigenvalue weighted by molar-refractivity contribution is 5.93. The second-order valence-electron chi connectivity index (χ2n) is 3.59. The van der Waals surface area contributed by atoms with Crippen molar-refractivity contribution < 1.29 is 4.79 Å². The zero-order valence-corrected chi connectivity index (χ0v) is 8.96. The highest BCUT2D eigenvalue weighted by atomic mass is 16.2. The molecule has 2 rings (SSSR count). The first-order valence-corrected chi connectivity index (χ1v) is 4.81. The lowest BCUT2D eigenvalue weighted by atomic mass is 10.1. The van der Waals surface area contributed by atoms with Crippen LogP contribution < -0.4 is 16.9 Å². The minimum atomic E-state index is -0.814. The molecule has 0 spiro atoms. The minimum Gasteiger partial charge on any atom is -0.365 e. The summed E-state index contributed by atoms with van der Waals surface area (Å²) in [5.74, 6) is -0.814. The summed E-state index contributed by atoms with van der Waals surface area (Å²) in [5, 5.41) is 5.01. The molecule has 0 aliphatic rings. The van der Waals surface area contributed by atoms with Crippen LogP contribution >= 0.6 is 0 Å². The van der Waals surface area contributed by atoms with Crippen molar-refractivity contribution in [3.63, 3.8) is 0 Å². The van der Waals surface area contributed by atoms with Crippen LogP contribution in [-0.4, -0.2) is 21.1 Å². The van der Waals surface area contributed by atoms with Gasteiger partial charge in [0.05, 0.1) is 5.69 Å². The fourth-order valence-electron chi connectivity index (χ4n) is 1.56. The second-order valence-corrected chi connectivity index (χ2v) is 3.59. The van der Waals surface area contributed by atoms with E-state index in [9.17, 15) is 14.4 Å². The Morgan fingerprint density at radius 3 is 2.47 bits per heavy atom. The van der Waals surface area contributed by atoms with Crippen LogP contribution in [0.3, 0.4) is 0 Å². The number of hydrogen-bond donors (Lipinski definition) is 4. The van der Waals surface area contributed by atoms with Gasteiger partial charge in [0.25, 0.3) is 17.0 Å². The maximum Gasteiger partial charge on any atom is 0.264 e. The van der Waals surface area contributed by atoms with E-state index in [1.54, 1.807) is 6.92 Å². The predicted molar refractivity (Wildman–Crippen MR) is 60.7 cm³/mol. The van der Waals surface area contributed by atoms with Crippen LogP contribution in [0, 0.1) is 6.92 Å². The summed E-state index contributed by atoms with van der Waals surface area (Å²) in [4.78, 5) is 36.0. The lowest BCUT2D eigenvalue weighted by Gasteiger charge is -2.04. The van der Waals surface area contributed by atoms with E-state index in [1.165, 1.54) is 12.1 Å². The maximum atomic E-state index is 11.4. The van der Waals surface area contributed by atoms with Crippen molar-refractivity contribution >= 4 is 5.91 Å². The Morgan fingerprint density at radius 2 is 1.94 bits per heavy atom. The topological polar surface area (TPSA) is 125 Å². The van der Waals surface area contributed by atoms with Crippen LogP contribution in [0.15, 0.2) is 21.7 Å². The Morgan fingerprint density at radius 1 is 1.24 bits per heavy atom. The van der Waals surface area contributed by atoms with E-state index >= 15 is 0 Å². The van der Waals surface area contributed by atoms with E-state index in [-0.39, 0.29) is 11.1 Å². The average Bonchev–Trinajstić information content (AvgIpc) is 2.64. The highest BCUT2D eigenvalue weighted by Crippen LogP contribution is 2.17. The summed E-state index contributed by atoms with van der Waals surface area (Å²) < 4.78 is 0. The van der Waals surface area contributed by atoms with Crippen LogP contribution in [-0.2, 0) is 0 Å². The van der Waals surface area contributed by atoms with Gasteiger partial charge in [-0.05, 0) is 13.0 Å². The molecule has 17 heavy (non-hydrogen) atoms. The monoisotopic (exact) mass is 234 g/mol. The maximum absolute atomic E-state index is 11.4. The molecule has 5 N–H and O–H groups in total. The Bertz CT molecular complexity index is 692. The normalized spacial score (nSPS) is 10.4. The Kier molecular flexibility index (Phi) is 2.43. The first-order valence-electron chi connectivity index (χ1n) is 4.81. The molecule has 0 bridgehead atoms. The van der Waals surface area contributed by atoms with Gasteiger partial charge in [0, 0.05) is 17.3 Å². The molecule has 0 aromatic carbocycles. The molecule has 0 atom stereocenters. The number of carbonyl (C=O) groups is 1. The molecule has 7 heteroatoms. The quantitative estimate of drug-likeness (QED) is 0.557. The number of hydrogen-bond acceptors (Lipinski definition) is 3. The Labute approximate surface area is 94.7 Å². The molecule has 0 fully saturated rings. The van der Waals surface area contributed by atoms with Gasteiger partial charge in [-0.25, -0.2) is 0 Å². The van der Waals surface area contributed by atoms with E-state index < -0.39 is 11.5 Å². The van der Waals surface area contributed by atoms with Crippen LogP contribution in [0.5, 0.6) is 0 Å². The highest BCUT2D eigenvalue weighted by Gasteiger charge is 2.12. The van der Waals surface area contributed by atoms with E-state index in [1.807, 2.05) is 0 Å². The molecule has 2 heterocycles. The number of amides is 1. The number of nitrogens with one attached hydrogen (secondary N) is 3. The van der Waals surface area contributed by atoms with E-state index in [2.05, 4.69) is 15.2 Å². The number of rotatable bonds is 2. The number of primary amides is 1. The fourth-order valence-corrected chi connectivity index (χ4v) is 1.56. The number of aromatic nitrogens is 3. The first kappa shape index (κ1) is 10.9. The number of pyridine rings is 1. The molecular formula is C10H10N4O3. The van der Waals surface area contributed by atoms with E-state index in [4.69, 9.17) is 5.73 Å². The zero-order valence-electron chi connectivity index (χ0n) is 8.96. The van der Waals surface area contributed by atoms with Gasteiger partial charge < -0.3 is 10.7 Å². The SMILES string of the molecule is Cc1[nH]c(=O)c(C(N)=O)cc1-c1cc(=O)[nH][nH]1. The second kappa shape index (κ2) is 3.78. The van der Waals surface area contributed by atoms with Gasteiger partial charge in [-0.1, -0.05) is 0 Å². The van der Waals surface area contributed by atoms with Crippen molar-refractivity contribution in [3.05, 3.63) is 44.1 Å². The van der Waals surface area contributed by atoms with Crippen LogP contribution in [0.4, 0.5) is 0 Å². The molecular weight excluding hydrogens is 224 g/mol. The predicted octanol–water partition coefficient (Wildman–Crippen LogP) is -0.534. The largest absolute Gasteiger partial charge is 0.365 e. The molecule has 2 aromatic heterocycles. The Hall–Kier alpha value is -2.57. The number of carbonyl (C=O) groups excluding carboxylic acids is 1. The molecule has 7 nitrogen and oxygen atoms in total. The number of nitrogens with two attached hydrogens (primary N) is 1.